The molecule has 3 rings (SSSR count). The van der Waals surface area contributed by atoms with Crippen molar-refractivity contribution in [1.29, 1.82) is 0 Å². The number of amides is 1. The highest BCUT2D eigenvalue weighted by molar-refractivity contribution is 5.95. The third kappa shape index (κ3) is 3.77. The number of alkyl halides is 3. The van der Waals surface area contributed by atoms with E-state index < -0.39 is 11.7 Å². The highest BCUT2D eigenvalue weighted by atomic mass is 19.4. The van der Waals surface area contributed by atoms with E-state index in [-0.39, 0.29) is 11.4 Å². The van der Waals surface area contributed by atoms with Crippen LogP contribution in [0.5, 0.6) is 0 Å². The lowest BCUT2D eigenvalue weighted by molar-refractivity contribution is -0.137. The summed E-state index contributed by atoms with van der Waals surface area (Å²) >= 11 is 0. The van der Waals surface area contributed by atoms with Gasteiger partial charge in [0.25, 0.3) is 5.91 Å². The molecule has 0 aliphatic carbocycles. The molecule has 4 nitrogen and oxygen atoms in total. The summed E-state index contributed by atoms with van der Waals surface area (Å²) in [7, 11) is 0. The molecule has 134 valence electrons. The third-order valence-corrected chi connectivity index (χ3v) is 3.83. The van der Waals surface area contributed by atoms with Crippen LogP contribution in [0.3, 0.4) is 0 Å². The Hall–Kier alpha value is -3.09. The van der Waals surface area contributed by atoms with Crippen LogP contribution in [0.1, 0.15) is 22.8 Å². The second-order valence-corrected chi connectivity index (χ2v) is 5.65. The average Bonchev–Trinajstić information content (AvgIpc) is 2.61. The predicted molar refractivity (Wildman–Crippen MR) is 94.5 cm³/mol. The van der Waals surface area contributed by atoms with Crippen molar-refractivity contribution in [2.24, 2.45) is 0 Å². The highest BCUT2D eigenvalue weighted by Crippen LogP contribution is 2.33. The average molecular weight is 359 g/mol. The van der Waals surface area contributed by atoms with Crippen LogP contribution in [-0.4, -0.2) is 17.4 Å². The maximum absolute atomic E-state index is 12.8. The summed E-state index contributed by atoms with van der Waals surface area (Å²) in [5, 5.41) is 6.44. The van der Waals surface area contributed by atoms with E-state index in [0.29, 0.717) is 28.9 Å². The van der Waals surface area contributed by atoms with E-state index in [1.807, 2.05) is 6.92 Å². The molecular formula is C19H16F3N3O. The van der Waals surface area contributed by atoms with E-state index in [1.54, 1.807) is 30.3 Å². The van der Waals surface area contributed by atoms with Crippen molar-refractivity contribution < 1.29 is 18.0 Å². The fourth-order valence-electron chi connectivity index (χ4n) is 2.56. The molecule has 0 saturated carbocycles. The largest absolute Gasteiger partial charge is 0.416 e. The Morgan fingerprint density at radius 2 is 1.81 bits per heavy atom. The van der Waals surface area contributed by atoms with E-state index in [9.17, 15) is 18.0 Å². The first kappa shape index (κ1) is 17.7. The molecule has 0 aliphatic heterocycles. The fourth-order valence-corrected chi connectivity index (χ4v) is 2.56. The highest BCUT2D eigenvalue weighted by Gasteiger charge is 2.30. The number of benzene rings is 2. The number of nitrogens with one attached hydrogen (secondary N) is 2. The van der Waals surface area contributed by atoms with Gasteiger partial charge in [0.1, 0.15) is 0 Å². The van der Waals surface area contributed by atoms with Crippen molar-refractivity contribution in [3.63, 3.8) is 0 Å². The molecule has 0 unspecified atom stereocenters. The van der Waals surface area contributed by atoms with Crippen LogP contribution >= 0.6 is 0 Å². The summed E-state index contributed by atoms with van der Waals surface area (Å²) in [6.07, 6.45) is -2.96. The molecule has 2 N–H and O–H groups in total. The van der Waals surface area contributed by atoms with Crippen LogP contribution < -0.4 is 10.6 Å². The van der Waals surface area contributed by atoms with Crippen LogP contribution in [0, 0.1) is 0 Å². The number of anilines is 2. The van der Waals surface area contributed by atoms with Crippen molar-refractivity contribution in [3.05, 3.63) is 65.9 Å². The summed E-state index contributed by atoms with van der Waals surface area (Å²) < 4.78 is 38.5. The number of pyridine rings is 1. The van der Waals surface area contributed by atoms with Gasteiger partial charge >= 0.3 is 6.18 Å². The molecule has 0 spiro atoms. The zero-order chi connectivity index (χ0) is 18.7. The van der Waals surface area contributed by atoms with E-state index >= 15 is 0 Å². The molecule has 26 heavy (non-hydrogen) atoms. The smallest absolute Gasteiger partial charge is 0.355 e. The number of hydrogen-bond donors (Lipinski definition) is 2. The Balaban J connectivity index is 1.88. The zero-order valence-electron chi connectivity index (χ0n) is 13.9. The van der Waals surface area contributed by atoms with Gasteiger partial charge in [-0.2, -0.15) is 13.2 Å². The van der Waals surface area contributed by atoms with Gasteiger partial charge in [0.15, 0.2) is 0 Å². The lowest BCUT2D eigenvalue weighted by atomic mass is 10.1. The Morgan fingerprint density at radius 3 is 2.46 bits per heavy atom. The van der Waals surface area contributed by atoms with E-state index in [4.69, 9.17) is 0 Å². The summed E-state index contributed by atoms with van der Waals surface area (Å²) in [5.41, 5.74) is 1.40. The number of rotatable bonds is 4. The third-order valence-electron chi connectivity index (χ3n) is 3.83. The van der Waals surface area contributed by atoms with Gasteiger partial charge in [-0.05, 0) is 49.4 Å². The Bertz CT molecular complexity index is 937. The van der Waals surface area contributed by atoms with Gasteiger partial charge in [0, 0.05) is 35.1 Å². The minimum Gasteiger partial charge on any atom is -0.355 e. The summed E-state index contributed by atoms with van der Waals surface area (Å²) in [6.45, 7) is 2.38. The first-order valence-corrected chi connectivity index (χ1v) is 7.99. The van der Waals surface area contributed by atoms with E-state index in [2.05, 4.69) is 15.6 Å². The second kappa shape index (κ2) is 7.03. The number of halogens is 3. The minimum atomic E-state index is -4.41. The topological polar surface area (TPSA) is 54.0 Å². The molecule has 1 heterocycles. The first-order chi connectivity index (χ1) is 12.4. The standard InChI is InChI=1S/C19H16F3N3O/c1-2-23-18(26)12-3-6-14(7-4-12)25-16-9-10-24-17-11-13(19(20,21)22)5-8-15(16)17/h3-11H,2H2,1H3,(H,23,26)(H,24,25). The van der Waals surface area contributed by atoms with E-state index in [1.165, 1.54) is 12.3 Å². The summed E-state index contributed by atoms with van der Waals surface area (Å²) in [4.78, 5) is 15.8. The van der Waals surface area contributed by atoms with Crippen molar-refractivity contribution in [2.45, 2.75) is 13.1 Å². The Kier molecular flexibility index (Phi) is 4.79. The molecule has 7 heteroatoms. The number of carbonyl (C=O) groups excluding carboxylic acids is 1. The molecule has 0 atom stereocenters. The van der Waals surface area contributed by atoms with Gasteiger partial charge in [0.05, 0.1) is 11.1 Å². The van der Waals surface area contributed by atoms with Crippen LogP contribution in [0.4, 0.5) is 24.5 Å². The van der Waals surface area contributed by atoms with Gasteiger partial charge in [-0.25, -0.2) is 0 Å². The SMILES string of the molecule is CCNC(=O)c1ccc(Nc2ccnc3cc(C(F)(F)F)ccc23)cc1. The maximum Gasteiger partial charge on any atom is 0.416 e. The molecule has 1 aromatic heterocycles. The molecule has 0 bridgehead atoms. The maximum atomic E-state index is 12.8. The van der Waals surface area contributed by atoms with Gasteiger partial charge in [-0.1, -0.05) is 6.07 Å². The lowest BCUT2D eigenvalue weighted by Gasteiger charge is -2.12. The van der Waals surface area contributed by atoms with E-state index in [0.717, 1.165) is 12.1 Å². The molecular weight excluding hydrogens is 343 g/mol. The number of carbonyl (C=O) groups is 1. The quantitative estimate of drug-likeness (QED) is 0.707. The summed E-state index contributed by atoms with van der Waals surface area (Å²) in [5.74, 6) is -0.159. The first-order valence-electron chi connectivity index (χ1n) is 7.99. The normalized spacial score (nSPS) is 11.4. The van der Waals surface area contributed by atoms with Crippen LogP contribution in [0.2, 0.25) is 0 Å². The Morgan fingerprint density at radius 1 is 1.08 bits per heavy atom. The second-order valence-electron chi connectivity index (χ2n) is 5.65. The molecule has 3 aromatic rings. The lowest BCUT2D eigenvalue weighted by Crippen LogP contribution is -2.22. The van der Waals surface area contributed by atoms with Gasteiger partial charge in [-0.3, -0.25) is 9.78 Å². The van der Waals surface area contributed by atoms with Crippen molar-refractivity contribution in [2.75, 3.05) is 11.9 Å². The Labute approximate surface area is 148 Å². The fraction of sp³-hybridized carbons (Fsp3) is 0.158. The number of nitrogens with zero attached hydrogens (tertiary/aromatic N) is 1. The van der Waals surface area contributed by atoms with Crippen LogP contribution in [0.15, 0.2) is 54.7 Å². The van der Waals surface area contributed by atoms with Crippen molar-refractivity contribution in [3.8, 4) is 0 Å². The number of hydrogen-bond acceptors (Lipinski definition) is 3. The van der Waals surface area contributed by atoms with Crippen LogP contribution in [-0.2, 0) is 6.18 Å². The van der Waals surface area contributed by atoms with Crippen molar-refractivity contribution in [1.82, 2.24) is 10.3 Å². The van der Waals surface area contributed by atoms with Gasteiger partial charge in [0.2, 0.25) is 0 Å². The van der Waals surface area contributed by atoms with Gasteiger partial charge < -0.3 is 10.6 Å². The number of aromatic nitrogens is 1. The molecule has 0 saturated heterocycles. The summed E-state index contributed by atoms with van der Waals surface area (Å²) in [6, 6.07) is 12.0. The number of fused-ring (bicyclic) bond motifs is 1. The minimum absolute atomic E-state index is 0.159. The molecule has 1 amide bonds. The predicted octanol–water partition coefficient (Wildman–Crippen LogP) is 4.75. The zero-order valence-corrected chi connectivity index (χ0v) is 13.9. The monoisotopic (exact) mass is 359 g/mol. The van der Waals surface area contributed by atoms with Crippen LogP contribution in [0.25, 0.3) is 10.9 Å². The molecule has 0 aliphatic rings. The van der Waals surface area contributed by atoms with Crippen molar-refractivity contribution >= 4 is 28.2 Å². The molecule has 2 aromatic carbocycles. The molecule has 0 radical (unpaired) electrons. The molecule has 0 fully saturated rings. The van der Waals surface area contributed by atoms with Gasteiger partial charge in [-0.15, -0.1) is 0 Å².